The smallest absolute Gasteiger partial charge is 0.236 e. The van der Waals surface area contributed by atoms with Crippen LogP contribution in [0.3, 0.4) is 0 Å². The molecule has 1 aromatic heterocycles. The van der Waals surface area contributed by atoms with E-state index in [-0.39, 0.29) is 0 Å². The normalized spacial score (nSPS) is 27.2. The standard InChI is InChI=1S/C19H27N5O/c1-15-3-4-16-12-24(13-17(16)11-15)18(25)14-22-7-9-23(10-8-22)19-20-5-2-6-21-19/h2-3,5-6,16-17H,4,7-14H2,1H3/t16-,17+/m1/s1. The number of piperazine rings is 1. The number of likely N-dealkylation sites (tertiary alicyclic amines) is 1. The van der Waals surface area contributed by atoms with Crippen LogP contribution >= 0.6 is 0 Å². The van der Waals surface area contributed by atoms with Crippen molar-refractivity contribution >= 4 is 11.9 Å². The number of carbonyl (C=O) groups is 1. The minimum absolute atomic E-state index is 0.302. The predicted molar refractivity (Wildman–Crippen MR) is 97.2 cm³/mol. The molecule has 25 heavy (non-hydrogen) atoms. The molecule has 1 aromatic rings. The van der Waals surface area contributed by atoms with Crippen molar-refractivity contribution in [3.8, 4) is 0 Å². The Morgan fingerprint density at radius 1 is 1.12 bits per heavy atom. The van der Waals surface area contributed by atoms with E-state index >= 15 is 0 Å². The maximum atomic E-state index is 12.7. The molecule has 0 bridgehead atoms. The van der Waals surface area contributed by atoms with Crippen LogP contribution in [0.4, 0.5) is 5.95 Å². The van der Waals surface area contributed by atoms with Gasteiger partial charge in [-0.1, -0.05) is 11.6 Å². The lowest BCUT2D eigenvalue weighted by Crippen LogP contribution is -2.50. The van der Waals surface area contributed by atoms with Crippen LogP contribution < -0.4 is 4.90 Å². The number of fused-ring (bicyclic) bond motifs is 1. The van der Waals surface area contributed by atoms with E-state index in [0.29, 0.717) is 24.3 Å². The Hall–Kier alpha value is -1.95. The molecule has 4 rings (SSSR count). The van der Waals surface area contributed by atoms with E-state index in [9.17, 15) is 4.79 Å². The van der Waals surface area contributed by atoms with Gasteiger partial charge in [-0.2, -0.15) is 0 Å². The first-order valence-electron chi connectivity index (χ1n) is 9.37. The van der Waals surface area contributed by atoms with Gasteiger partial charge in [0.15, 0.2) is 0 Å². The Kier molecular flexibility index (Phi) is 4.70. The molecule has 0 aromatic carbocycles. The van der Waals surface area contributed by atoms with Crippen molar-refractivity contribution in [1.29, 1.82) is 0 Å². The monoisotopic (exact) mass is 341 g/mol. The molecular formula is C19H27N5O. The van der Waals surface area contributed by atoms with E-state index < -0.39 is 0 Å². The highest BCUT2D eigenvalue weighted by atomic mass is 16.2. The van der Waals surface area contributed by atoms with Gasteiger partial charge < -0.3 is 9.80 Å². The summed E-state index contributed by atoms with van der Waals surface area (Å²) in [6.07, 6.45) is 8.24. The number of hydrogen-bond donors (Lipinski definition) is 0. The lowest BCUT2D eigenvalue weighted by Gasteiger charge is -2.34. The average molecular weight is 341 g/mol. The Bertz CT molecular complexity index is 638. The average Bonchev–Trinajstić information content (AvgIpc) is 3.06. The number of rotatable bonds is 3. The predicted octanol–water partition coefficient (Wildman–Crippen LogP) is 1.41. The van der Waals surface area contributed by atoms with Gasteiger partial charge in [0.1, 0.15) is 0 Å². The van der Waals surface area contributed by atoms with Crippen LogP contribution in [0.2, 0.25) is 0 Å². The quantitative estimate of drug-likeness (QED) is 0.778. The van der Waals surface area contributed by atoms with E-state index in [4.69, 9.17) is 0 Å². The second-order valence-electron chi connectivity index (χ2n) is 7.62. The molecule has 134 valence electrons. The first-order chi connectivity index (χ1) is 12.2. The van der Waals surface area contributed by atoms with Crippen molar-refractivity contribution in [2.45, 2.75) is 19.8 Å². The lowest BCUT2D eigenvalue weighted by molar-refractivity contribution is -0.131. The summed E-state index contributed by atoms with van der Waals surface area (Å²) in [5, 5.41) is 0. The molecule has 6 nitrogen and oxygen atoms in total. The highest BCUT2D eigenvalue weighted by Gasteiger charge is 2.36. The number of carbonyl (C=O) groups excluding carboxylic acids is 1. The van der Waals surface area contributed by atoms with Crippen molar-refractivity contribution < 1.29 is 4.79 Å². The molecule has 0 N–H and O–H groups in total. The zero-order chi connectivity index (χ0) is 17.2. The van der Waals surface area contributed by atoms with E-state index in [1.165, 1.54) is 12.0 Å². The summed E-state index contributed by atoms with van der Waals surface area (Å²) in [7, 11) is 0. The first-order valence-corrected chi connectivity index (χ1v) is 9.37. The van der Waals surface area contributed by atoms with Crippen LogP contribution in [0, 0.1) is 11.8 Å². The SMILES string of the molecule is CC1=CC[C@@H]2CN(C(=O)CN3CCN(c4ncccn4)CC3)C[C@@H]2C1. The van der Waals surface area contributed by atoms with Crippen LogP contribution in [0.1, 0.15) is 19.8 Å². The van der Waals surface area contributed by atoms with E-state index in [1.807, 2.05) is 6.07 Å². The molecule has 0 saturated carbocycles. The van der Waals surface area contributed by atoms with Gasteiger partial charge in [-0.25, -0.2) is 9.97 Å². The van der Waals surface area contributed by atoms with Crippen LogP contribution in [0.15, 0.2) is 30.1 Å². The zero-order valence-corrected chi connectivity index (χ0v) is 15.0. The van der Waals surface area contributed by atoms with Crippen molar-refractivity contribution in [3.63, 3.8) is 0 Å². The molecule has 2 saturated heterocycles. The summed E-state index contributed by atoms with van der Waals surface area (Å²) in [5.41, 5.74) is 1.50. The molecule has 1 aliphatic carbocycles. The Morgan fingerprint density at radius 2 is 1.84 bits per heavy atom. The lowest BCUT2D eigenvalue weighted by atomic mass is 9.83. The summed E-state index contributed by atoms with van der Waals surface area (Å²) in [5.74, 6) is 2.46. The number of hydrogen-bond acceptors (Lipinski definition) is 5. The maximum absolute atomic E-state index is 12.7. The Morgan fingerprint density at radius 3 is 2.60 bits per heavy atom. The molecule has 0 radical (unpaired) electrons. The third-order valence-electron chi connectivity index (χ3n) is 5.85. The molecular weight excluding hydrogens is 314 g/mol. The second-order valence-corrected chi connectivity index (χ2v) is 7.62. The molecule has 2 atom stereocenters. The fourth-order valence-electron chi connectivity index (χ4n) is 4.34. The van der Waals surface area contributed by atoms with Crippen molar-refractivity contribution in [3.05, 3.63) is 30.1 Å². The summed E-state index contributed by atoms with van der Waals surface area (Å²) in [6, 6.07) is 1.84. The van der Waals surface area contributed by atoms with Crippen LogP contribution in [0.25, 0.3) is 0 Å². The molecule has 2 aliphatic heterocycles. The van der Waals surface area contributed by atoms with Gasteiger partial charge in [0, 0.05) is 51.7 Å². The number of nitrogens with zero attached hydrogens (tertiary/aromatic N) is 5. The van der Waals surface area contributed by atoms with E-state index in [0.717, 1.165) is 51.6 Å². The summed E-state index contributed by atoms with van der Waals surface area (Å²) < 4.78 is 0. The molecule has 1 amide bonds. The van der Waals surface area contributed by atoms with Gasteiger partial charge in [-0.15, -0.1) is 0 Å². The van der Waals surface area contributed by atoms with Crippen LogP contribution in [-0.2, 0) is 4.79 Å². The highest BCUT2D eigenvalue weighted by molar-refractivity contribution is 5.78. The van der Waals surface area contributed by atoms with Gasteiger partial charge in [0.05, 0.1) is 6.54 Å². The van der Waals surface area contributed by atoms with Gasteiger partial charge in [0.25, 0.3) is 0 Å². The molecule has 3 heterocycles. The number of amides is 1. The first kappa shape index (κ1) is 16.5. The molecule has 6 heteroatoms. The van der Waals surface area contributed by atoms with Gasteiger partial charge in [0.2, 0.25) is 11.9 Å². The van der Waals surface area contributed by atoms with Crippen molar-refractivity contribution in [1.82, 2.24) is 19.8 Å². The van der Waals surface area contributed by atoms with Crippen molar-refractivity contribution in [2.24, 2.45) is 11.8 Å². The molecule has 2 fully saturated rings. The van der Waals surface area contributed by atoms with E-state index in [1.54, 1.807) is 12.4 Å². The molecule has 0 unspecified atom stereocenters. The largest absolute Gasteiger partial charge is 0.341 e. The minimum atomic E-state index is 0.302. The summed E-state index contributed by atoms with van der Waals surface area (Å²) in [6.45, 7) is 8.22. The van der Waals surface area contributed by atoms with Gasteiger partial charge >= 0.3 is 0 Å². The summed E-state index contributed by atoms with van der Waals surface area (Å²) >= 11 is 0. The third-order valence-corrected chi connectivity index (χ3v) is 5.85. The zero-order valence-electron chi connectivity index (χ0n) is 15.0. The fraction of sp³-hybridized carbons (Fsp3) is 0.632. The Labute approximate surface area is 149 Å². The fourth-order valence-corrected chi connectivity index (χ4v) is 4.34. The van der Waals surface area contributed by atoms with Crippen LogP contribution in [0.5, 0.6) is 0 Å². The minimum Gasteiger partial charge on any atom is -0.341 e. The highest BCUT2D eigenvalue weighted by Crippen LogP contribution is 2.35. The number of allylic oxidation sites excluding steroid dienone is 2. The van der Waals surface area contributed by atoms with Gasteiger partial charge in [-0.3, -0.25) is 9.69 Å². The maximum Gasteiger partial charge on any atom is 0.236 e. The van der Waals surface area contributed by atoms with Crippen molar-refractivity contribution in [2.75, 3.05) is 50.7 Å². The topological polar surface area (TPSA) is 52.6 Å². The second kappa shape index (κ2) is 7.12. The molecule has 0 spiro atoms. The van der Waals surface area contributed by atoms with E-state index in [2.05, 4.69) is 37.7 Å². The summed E-state index contributed by atoms with van der Waals surface area (Å²) in [4.78, 5) is 27.9. The third kappa shape index (κ3) is 3.68. The molecule has 3 aliphatic rings. The number of anilines is 1. The van der Waals surface area contributed by atoms with Gasteiger partial charge in [-0.05, 0) is 37.7 Å². The number of aromatic nitrogens is 2. The Balaban J connectivity index is 1.26. The van der Waals surface area contributed by atoms with Crippen LogP contribution in [-0.4, -0.2) is 71.5 Å².